The number of likely N-dealkylation sites (tertiary alicyclic amines) is 1. The van der Waals surface area contributed by atoms with E-state index in [1.807, 2.05) is 11.0 Å². The summed E-state index contributed by atoms with van der Waals surface area (Å²) in [6.07, 6.45) is 3.22. The predicted octanol–water partition coefficient (Wildman–Crippen LogP) is 4.84. The van der Waals surface area contributed by atoms with Gasteiger partial charge < -0.3 is 14.4 Å². The molecule has 28 heavy (non-hydrogen) atoms. The average Bonchev–Trinajstić information content (AvgIpc) is 2.68. The Bertz CT molecular complexity index is 827. The molecule has 0 aliphatic carbocycles. The molecule has 0 N–H and O–H groups in total. The minimum Gasteiger partial charge on any atom is -0.484 e. The van der Waals surface area contributed by atoms with Crippen molar-refractivity contribution in [3.05, 3.63) is 58.6 Å². The lowest BCUT2D eigenvalue weighted by molar-refractivity contribution is -0.139. The van der Waals surface area contributed by atoms with Crippen LogP contribution in [0.1, 0.15) is 43.5 Å². The molecule has 1 aliphatic rings. The van der Waals surface area contributed by atoms with Crippen molar-refractivity contribution in [3.8, 4) is 11.5 Å². The summed E-state index contributed by atoms with van der Waals surface area (Å²) >= 11 is 3.35. The lowest BCUT2D eigenvalue weighted by atomic mass is 9.97. The number of ether oxygens (including phenoxy) is 2. The zero-order valence-corrected chi connectivity index (χ0v) is 17.6. The Morgan fingerprint density at radius 2 is 1.68 bits per heavy atom. The topological polar surface area (TPSA) is 55.8 Å². The van der Waals surface area contributed by atoms with Gasteiger partial charge in [0.25, 0.3) is 5.91 Å². The summed E-state index contributed by atoms with van der Waals surface area (Å²) in [6, 6.07) is 14.3. The zero-order valence-electron chi connectivity index (χ0n) is 16.1. The maximum absolute atomic E-state index is 12.5. The normalized spacial score (nSPS) is 19.2. The average molecular weight is 446 g/mol. The number of benzene rings is 2. The number of carbonyl (C=O) groups excluding carboxylic acids is 2. The van der Waals surface area contributed by atoms with Crippen molar-refractivity contribution in [1.82, 2.24) is 4.90 Å². The Morgan fingerprint density at radius 3 is 2.32 bits per heavy atom. The second-order valence-corrected chi connectivity index (χ2v) is 7.92. The molecule has 0 bridgehead atoms. The van der Waals surface area contributed by atoms with Crippen molar-refractivity contribution in [2.24, 2.45) is 0 Å². The van der Waals surface area contributed by atoms with E-state index >= 15 is 0 Å². The lowest BCUT2D eigenvalue weighted by Crippen LogP contribution is -2.49. The SMILES string of the molecule is C[C@@H]1CCC[C@@H](C)N1C(=O)COc1ccc(C(=O)Oc2ccccc2Br)cc1. The number of nitrogens with zero attached hydrogens (tertiary/aromatic N) is 1. The third-order valence-corrected chi connectivity index (χ3v) is 5.63. The third-order valence-electron chi connectivity index (χ3n) is 4.97. The number of halogens is 1. The first-order valence-electron chi connectivity index (χ1n) is 9.46. The van der Waals surface area contributed by atoms with Crippen molar-refractivity contribution in [3.63, 3.8) is 0 Å². The number of hydrogen-bond acceptors (Lipinski definition) is 4. The first-order valence-corrected chi connectivity index (χ1v) is 10.3. The molecule has 0 aromatic heterocycles. The van der Waals surface area contributed by atoms with Crippen LogP contribution in [-0.2, 0) is 4.79 Å². The highest BCUT2D eigenvalue weighted by Gasteiger charge is 2.28. The minimum absolute atomic E-state index is 0.00267. The Balaban J connectivity index is 1.56. The molecule has 1 fully saturated rings. The van der Waals surface area contributed by atoms with Gasteiger partial charge >= 0.3 is 5.97 Å². The first kappa shape index (κ1) is 20.4. The third kappa shape index (κ3) is 4.93. The predicted molar refractivity (Wildman–Crippen MR) is 111 cm³/mol. The van der Waals surface area contributed by atoms with Crippen LogP contribution in [0.3, 0.4) is 0 Å². The summed E-state index contributed by atoms with van der Waals surface area (Å²) in [5.41, 5.74) is 0.410. The van der Waals surface area contributed by atoms with Crippen molar-refractivity contribution in [2.45, 2.75) is 45.2 Å². The van der Waals surface area contributed by atoms with E-state index in [1.165, 1.54) is 0 Å². The largest absolute Gasteiger partial charge is 0.484 e. The monoisotopic (exact) mass is 445 g/mol. The van der Waals surface area contributed by atoms with Crippen LogP contribution in [0.4, 0.5) is 0 Å². The van der Waals surface area contributed by atoms with Gasteiger partial charge in [0.05, 0.1) is 10.0 Å². The van der Waals surface area contributed by atoms with Crippen LogP contribution in [0, 0.1) is 0 Å². The van der Waals surface area contributed by atoms with Gasteiger partial charge in [-0.15, -0.1) is 0 Å². The van der Waals surface area contributed by atoms with Gasteiger partial charge in [-0.2, -0.15) is 0 Å². The number of esters is 1. The highest BCUT2D eigenvalue weighted by atomic mass is 79.9. The Labute approximate surface area is 173 Å². The first-order chi connectivity index (χ1) is 13.5. The van der Waals surface area contributed by atoms with Crippen LogP contribution >= 0.6 is 15.9 Å². The van der Waals surface area contributed by atoms with Crippen LogP contribution in [0.25, 0.3) is 0 Å². The van der Waals surface area contributed by atoms with Crippen molar-refractivity contribution in [2.75, 3.05) is 6.61 Å². The van der Waals surface area contributed by atoms with Crippen LogP contribution in [0.2, 0.25) is 0 Å². The fourth-order valence-electron chi connectivity index (χ4n) is 3.51. The molecule has 2 aromatic carbocycles. The van der Waals surface area contributed by atoms with Gasteiger partial charge in [-0.05, 0) is 85.4 Å². The van der Waals surface area contributed by atoms with Gasteiger partial charge in [0.1, 0.15) is 11.5 Å². The number of rotatable bonds is 5. The number of piperidine rings is 1. The van der Waals surface area contributed by atoms with E-state index in [2.05, 4.69) is 29.8 Å². The number of carbonyl (C=O) groups is 2. The molecule has 2 atom stereocenters. The lowest BCUT2D eigenvalue weighted by Gasteiger charge is -2.38. The zero-order chi connectivity index (χ0) is 20.1. The smallest absolute Gasteiger partial charge is 0.343 e. The Morgan fingerprint density at radius 1 is 1.04 bits per heavy atom. The van der Waals surface area contributed by atoms with E-state index in [1.54, 1.807) is 42.5 Å². The Hall–Kier alpha value is -2.34. The van der Waals surface area contributed by atoms with Gasteiger partial charge in [-0.3, -0.25) is 4.79 Å². The summed E-state index contributed by atoms with van der Waals surface area (Å²) in [6.45, 7) is 4.16. The standard InChI is InChI=1S/C22H24BrNO4/c1-15-6-5-7-16(2)24(15)21(25)14-27-18-12-10-17(11-13-18)22(26)28-20-9-4-3-8-19(20)23/h3-4,8-13,15-16H,5-7,14H2,1-2H3/t15-,16-/m1/s1. The molecular formula is C22H24BrNO4. The summed E-state index contributed by atoms with van der Waals surface area (Å²) < 4.78 is 11.7. The molecule has 0 unspecified atom stereocenters. The molecular weight excluding hydrogens is 422 g/mol. The molecule has 3 rings (SSSR count). The highest BCUT2D eigenvalue weighted by Crippen LogP contribution is 2.25. The highest BCUT2D eigenvalue weighted by molar-refractivity contribution is 9.10. The molecule has 0 spiro atoms. The molecule has 0 radical (unpaired) electrons. The van der Waals surface area contributed by atoms with Gasteiger partial charge in [0.2, 0.25) is 0 Å². The molecule has 2 aromatic rings. The van der Waals surface area contributed by atoms with Crippen LogP contribution in [-0.4, -0.2) is 35.5 Å². The number of para-hydroxylation sites is 1. The van der Waals surface area contributed by atoms with Crippen molar-refractivity contribution in [1.29, 1.82) is 0 Å². The van der Waals surface area contributed by atoms with Gasteiger partial charge in [-0.25, -0.2) is 4.79 Å². The fourth-order valence-corrected chi connectivity index (χ4v) is 3.87. The summed E-state index contributed by atoms with van der Waals surface area (Å²) in [5.74, 6) is 0.550. The summed E-state index contributed by atoms with van der Waals surface area (Å²) in [7, 11) is 0. The second-order valence-electron chi connectivity index (χ2n) is 7.06. The van der Waals surface area contributed by atoms with Gasteiger partial charge in [0.15, 0.2) is 6.61 Å². The van der Waals surface area contributed by atoms with Gasteiger partial charge in [0, 0.05) is 12.1 Å². The number of hydrogen-bond donors (Lipinski definition) is 0. The quantitative estimate of drug-likeness (QED) is 0.488. The summed E-state index contributed by atoms with van der Waals surface area (Å²) in [4.78, 5) is 26.7. The van der Waals surface area contributed by atoms with E-state index in [4.69, 9.17) is 9.47 Å². The summed E-state index contributed by atoms with van der Waals surface area (Å²) in [5, 5.41) is 0. The minimum atomic E-state index is -0.453. The molecule has 1 heterocycles. The van der Waals surface area contributed by atoms with Crippen LogP contribution in [0.5, 0.6) is 11.5 Å². The molecule has 1 aliphatic heterocycles. The molecule has 5 nitrogen and oxygen atoms in total. The fraction of sp³-hybridized carbons (Fsp3) is 0.364. The van der Waals surface area contributed by atoms with E-state index in [0.717, 1.165) is 19.3 Å². The molecule has 1 amide bonds. The van der Waals surface area contributed by atoms with E-state index in [9.17, 15) is 9.59 Å². The van der Waals surface area contributed by atoms with Gasteiger partial charge in [-0.1, -0.05) is 12.1 Å². The van der Waals surface area contributed by atoms with E-state index < -0.39 is 5.97 Å². The van der Waals surface area contributed by atoms with Crippen molar-refractivity contribution < 1.29 is 19.1 Å². The van der Waals surface area contributed by atoms with Crippen molar-refractivity contribution >= 4 is 27.8 Å². The van der Waals surface area contributed by atoms with E-state index in [-0.39, 0.29) is 24.6 Å². The molecule has 0 saturated carbocycles. The van der Waals surface area contributed by atoms with Crippen LogP contribution in [0.15, 0.2) is 53.0 Å². The Kier molecular flexibility index (Phi) is 6.73. The van der Waals surface area contributed by atoms with E-state index in [0.29, 0.717) is 21.5 Å². The molecule has 148 valence electrons. The van der Waals surface area contributed by atoms with Crippen LogP contribution < -0.4 is 9.47 Å². The second kappa shape index (κ2) is 9.24. The maximum atomic E-state index is 12.5. The maximum Gasteiger partial charge on any atom is 0.343 e. The molecule has 1 saturated heterocycles. The number of amides is 1. The molecule has 6 heteroatoms.